The first-order chi connectivity index (χ1) is 25.2. The van der Waals surface area contributed by atoms with Crippen LogP contribution in [0, 0.1) is 0 Å². The number of rotatable bonds is 36. The van der Waals surface area contributed by atoms with Crippen molar-refractivity contribution in [1.82, 2.24) is 0 Å². The maximum atomic E-state index is 6.62. The summed E-state index contributed by atoms with van der Waals surface area (Å²) in [4.78, 5) is 0. The highest BCUT2D eigenvalue weighted by Crippen LogP contribution is 2.29. The van der Waals surface area contributed by atoms with Crippen molar-refractivity contribution >= 4 is 0 Å². The van der Waals surface area contributed by atoms with Crippen LogP contribution < -0.4 is 4.74 Å². The summed E-state index contributed by atoms with van der Waals surface area (Å²) in [5, 5.41) is 0. The number of benzene rings is 2. The van der Waals surface area contributed by atoms with Gasteiger partial charge in [0.05, 0.1) is 0 Å². The molecule has 0 bridgehead atoms. The molecule has 0 aliphatic heterocycles. The van der Waals surface area contributed by atoms with Crippen LogP contribution in [0.5, 0.6) is 11.5 Å². The van der Waals surface area contributed by atoms with Gasteiger partial charge in [0.2, 0.25) is 0 Å². The van der Waals surface area contributed by atoms with Gasteiger partial charge in [-0.1, -0.05) is 207 Å². The van der Waals surface area contributed by atoms with Crippen LogP contribution in [0.1, 0.15) is 243 Å². The third-order valence-corrected chi connectivity index (χ3v) is 11.3. The zero-order valence-electron chi connectivity index (χ0n) is 34.9. The molecule has 0 N–H and O–H groups in total. The van der Waals surface area contributed by atoms with Crippen LogP contribution in [0.3, 0.4) is 0 Å². The summed E-state index contributed by atoms with van der Waals surface area (Å²) in [6, 6.07) is 14.0. The smallest absolute Gasteiger partial charge is 0.127 e. The molecule has 0 saturated heterocycles. The predicted octanol–water partition coefficient (Wildman–Crippen LogP) is 17.4. The van der Waals surface area contributed by atoms with E-state index in [-0.39, 0.29) is 0 Å². The molecule has 2 aromatic rings. The second-order valence-corrected chi connectivity index (χ2v) is 16.2. The maximum absolute atomic E-state index is 6.62. The highest BCUT2D eigenvalue weighted by Gasteiger charge is 2.10. The minimum Gasteiger partial charge on any atom is -0.457 e. The van der Waals surface area contributed by atoms with E-state index in [4.69, 9.17) is 4.74 Å². The summed E-state index contributed by atoms with van der Waals surface area (Å²) in [7, 11) is 0. The average Bonchev–Trinajstić information content (AvgIpc) is 3.14. The lowest BCUT2D eigenvalue weighted by Gasteiger charge is -2.15. The molecule has 2 rings (SSSR count). The van der Waals surface area contributed by atoms with Crippen LogP contribution in [0.25, 0.3) is 0 Å². The monoisotopic (exact) mass is 703 g/mol. The van der Waals surface area contributed by atoms with Crippen molar-refractivity contribution in [3.63, 3.8) is 0 Å². The molecular formula is C50H86O. The molecule has 1 nitrogen and oxygen atoms in total. The Morgan fingerprint density at radius 3 is 0.824 bits per heavy atom. The van der Waals surface area contributed by atoms with Gasteiger partial charge in [-0.15, -0.1) is 0 Å². The number of hydrogen-bond acceptors (Lipinski definition) is 1. The fourth-order valence-corrected chi connectivity index (χ4v) is 7.82. The van der Waals surface area contributed by atoms with Gasteiger partial charge in [-0.3, -0.25) is 0 Å². The van der Waals surface area contributed by atoms with Gasteiger partial charge in [-0.2, -0.15) is 0 Å². The normalized spacial score (nSPS) is 11.5. The van der Waals surface area contributed by atoms with Gasteiger partial charge in [-0.25, -0.2) is 0 Å². The highest BCUT2D eigenvalue weighted by molar-refractivity contribution is 5.41. The number of unbranched alkanes of at least 4 members (excludes halogenated alkanes) is 26. The fourth-order valence-electron chi connectivity index (χ4n) is 7.82. The first kappa shape index (κ1) is 45.4. The molecule has 51 heavy (non-hydrogen) atoms. The minimum atomic E-state index is 1.02. The Bertz CT molecular complexity index is 970. The Balaban J connectivity index is 1.80. The van der Waals surface area contributed by atoms with E-state index in [1.165, 1.54) is 229 Å². The molecule has 0 aliphatic rings. The number of ether oxygens (including phenoxy) is 1. The van der Waals surface area contributed by atoms with Crippen molar-refractivity contribution in [3.8, 4) is 11.5 Å². The zero-order valence-corrected chi connectivity index (χ0v) is 34.9. The van der Waals surface area contributed by atoms with Crippen LogP contribution in [-0.4, -0.2) is 0 Å². The van der Waals surface area contributed by atoms with Crippen molar-refractivity contribution in [2.45, 2.75) is 246 Å². The van der Waals surface area contributed by atoms with E-state index in [2.05, 4.69) is 64.1 Å². The standard InChI is InChI=1S/C50H86O/c1-5-9-13-15-17-19-21-23-25-27-29-31-33-37-47-43-49(41-39-45(47)35-11-7-3)51-50-42-40-46(36-12-8-4)48(44-50)38-34-32-30-28-26-24-22-20-18-16-14-10-6-2/h39-44H,5-38H2,1-4H3. The van der Waals surface area contributed by atoms with Crippen molar-refractivity contribution < 1.29 is 4.74 Å². The van der Waals surface area contributed by atoms with Gasteiger partial charge >= 0.3 is 0 Å². The van der Waals surface area contributed by atoms with Crippen molar-refractivity contribution in [3.05, 3.63) is 58.7 Å². The van der Waals surface area contributed by atoms with Crippen LogP contribution in [0.2, 0.25) is 0 Å². The van der Waals surface area contributed by atoms with Crippen LogP contribution >= 0.6 is 0 Å². The number of aryl methyl sites for hydroxylation is 4. The molecule has 0 spiro atoms. The van der Waals surface area contributed by atoms with Gasteiger partial charge in [0.25, 0.3) is 0 Å². The first-order valence-corrected chi connectivity index (χ1v) is 23.1. The molecule has 0 saturated carbocycles. The third kappa shape index (κ3) is 23.5. The Morgan fingerprint density at radius 1 is 0.275 bits per heavy atom. The molecule has 1 heteroatoms. The highest BCUT2D eigenvalue weighted by atomic mass is 16.5. The van der Waals surface area contributed by atoms with Crippen LogP contribution in [0.4, 0.5) is 0 Å². The summed E-state index contributed by atoms with van der Waals surface area (Å²) in [5.41, 5.74) is 6.13. The molecule has 0 unspecified atom stereocenters. The van der Waals surface area contributed by atoms with E-state index < -0.39 is 0 Å². The third-order valence-electron chi connectivity index (χ3n) is 11.3. The van der Waals surface area contributed by atoms with Gasteiger partial charge in [0.15, 0.2) is 0 Å². The molecule has 0 amide bonds. The average molecular weight is 703 g/mol. The lowest BCUT2D eigenvalue weighted by atomic mass is 9.96. The molecule has 292 valence electrons. The van der Waals surface area contributed by atoms with Crippen molar-refractivity contribution in [2.24, 2.45) is 0 Å². The molecule has 0 aliphatic carbocycles. The van der Waals surface area contributed by atoms with Gasteiger partial charge in [-0.05, 0) is 97.9 Å². The SMILES string of the molecule is CCCCCCCCCCCCCCCc1cc(Oc2ccc(CCCC)c(CCCCCCCCCCCCCCC)c2)ccc1CCCC. The Morgan fingerprint density at radius 2 is 0.529 bits per heavy atom. The lowest BCUT2D eigenvalue weighted by Crippen LogP contribution is -1.99. The topological polar surface area (TPSA) is 9.23 Å². The van der Waals surface area contributed by atoms with Crippen LogP contribution in [-0.2, 0) is 25.7 Å². The van der Waals surface area contributed by atoms with E-state index >= 15 is 0 Å². The molecule has 2 aromatic carbocycles. The number of hydrogen-bond donors (Lipinski definition) is 0. The van der Waals surface area contributed by atoms with E-state index in [0.717, 1.165) is 11.5 Å². The Hall–Kier alpha value is -1.76. The second-order valence-electron chi connectivity index (χ2n) is 16.2. The molecule has 0 radical (unpaired) electrons. The Kier molecular flexibility index (Phi) is 29.2. The summed E-state index contributed by atoms with van der Waals surface area (Å²) < 4.78 is 6.62. The minimum absolute atomic E-state index is 1.02. The van der Waals surface area contributed by atoms with E-state index in [1.54, 1.807) is 11.1 Å². The van der Waals surface area contributed by atoms with Gasteiger partial charge in [0, 0.05) is 0 Å². The van der Waals surface area contributed by atoms with Crippen molar-refractivity contribution in [1.29, 1.82) is 0 Å². The largest absolute Gasteiger partial charge is 0.457 e. The van der Waals surface area contributed by atoms with E-state index in [9.17, 15) is 0 Å². The van der Waals surface area contributed by atoms with Gasteiger partial charge in [0.1, 0.15) is 11.5 Å². The van der Waals surface area contributed by atoms with E-state index in [1.807, 2.05) is 0 Å². The molecular weight excluding hydrogens is 617 g/mol. The zero-order chi connectivity index (χ0) is 36.5. The summed E-state index contributed by atoms with van der Waals surface area (Å²) in [6.45, 7) is 9.23. The summed E-state index contributed by atoms with van der Waals surface area (Å²) in [5.74, 6) is 2.04. The summed E-state index contributed by atoms with van der Waals surface area (Å²) >= 11 is 0. The van der Waals surface area contributed by atoms with Gasteiger partial charge < -0.3 is 4.74 Å². The predicted molar refractivity (Wildman–Crippen MR) is 229 cm³/mol. The first-order valence-electron chi connectivity index (χ1n) is 23.1. The Labute approximate surface area is 319 Å². The molecule has 0 aromatic heterocycles. The fraction of sp³-hybridized carbons (Fsp3) is 0.760. The van der Waals surface area contributed by atoms with Crippen molar-refractivity contribution in [2.75, 3.05) is 0 Å². The van der Waals surface area contributed by atoms with Crippen LogP contribution in [0.15, 0.2) is 36.4 Å². The van der Waals surface area contributed by atoms with E-state index in [0.29, 0.717) is 0 Å². The summed E-state index contributed by atoms with van der Waals surface area (Å²) in [6.07, 6.45) is 46.5. The molecule has 0 fully saturated rings. The molecule has 0 heterocycles. The lowest BCUT2D eigenvalue weighted by molar-refractivity contribution is 0.479. The second kappa shape index (κ2) is 32.9. The molecule has 0 atom stereocenters. The maximum Gasteiger partial charge on any atom is 0.127 e. The quantitative estimate of drug-likeness (QED) is 0.0642.